The Labute approximate surface area is 368 Å². The van der Waals surface area contributed by atoms with Crippen molar-refractivity contribution in [1.29, 1.82) is 0 Å². The van der Waals surface area contributed by atoms with Crippen molar-refractivity contribution in [3.63, 3.8) is 0 Å². The molecular formula is C57H35N5S. The minimum absolute atomic E-state index is 0.132. The summed E-state index contributed by atoms with van der Waals surface area (Å²) in [7, 11) is 0. The number of thiophene rings is 1. The van der Waals surface area contributed by atoms with Gasteiger partial charge in [-0.1, -0.05) is 164 Å². The highest BCUT2D eigenvalue weighted by Crippen LogP contribution is 2.56. The highest BCUT2D eigenvalue weighted by atomic mass is 32.1. The topological polar surface area (TPSA) is 64.5 Å². The van der Waals surface area contributed by atoms with Gasteiger partial charge in [0.1, 0.15) is 0 Å². The molecule has 2 atom stereocenters. The number of nitrogens with zero attached hydrogens (tertiary/aromatic N) is 5. The smallest absolute Gasteiger partial charge is 0.165 e. The highest BCUT2D eigenvalue weighted by molar-refractivity contribution is 7.26. The van der Waals surface area contributed by atoms with E-state index in [9.17, 15) is 0 Å². The molecule has 11 aromatic rings. The Balaban J connectivity index is 0.869. The zero-order valence-corrected chi connectivity index (χ0v) is 34.7. The van der Waals surface area contributed by atoms with Gasteiger partial charge in [-0.05, 0) is 68.8 Å². The fourth-order valence-corrected chi connectivity index (χ4v) is 11.1. The van der Waals surface area contributed by atoms with E-state index in [-0.39, 0.29) is 11.8 Å². The first-order valence-electron chi connectivity index (χ1n) is 21.3. The molecule has 3 aromatic heterocycles. The predicted octanol–water partition coefficient (Wildman–Crippen LogP) is 14.0. The van der Waals surface area contributed by atoms with Crippen LogP contribution < -0.4 is 0 Å². The summed E-state index contributed by atoms with van der Waals surface area (Å²) in [5.41, 5.74) is 17.4. The van der Waals surface area contributed by atoms with Crippen molar-refractivity contribution in [2.45, 2.75) is 11.8 Å². The summed E-state index contributed by atoms with van der Waals surface area (Å²) in [6, 6.07) is 67.1. The maximum absolute atomic E-state index is 5.17. The number of fused-ring (bicyclic) bond motifs is 3. The van der Waals surface area contributed by atoms with Crippen molar-refractivity contribution >= 4 is 31.5 Å². The van der Waals surface area contributed by atoms with E-state index in [0.29, 0.717) is 17.5 Å². The van der Waals surface area contributed by atoms with E-state index in [0.717, 1.165) is 44.8 Å². The Morgan fingerprint density at radius 1 is 0.333 bits per heavy atom. The lowest BCUT2D eigenvalue weighted by molar-refractivity contribution is 0.755. The molecule has 0 aliphatic heterocycles. The monoisotopic (exact) mass is 821 g/mol. The summed E-state index contributed by atoms with van der Waals surface area (Å²) in [6.45, 7) is 0. The van der Waals surface area contributed by atoms with Crippen LogP contribution in [0, 0.1) is 0 Å². The summed E-state index contributed by atoms with van der Waals surface area (Å²) < 4.78 is 2.43. The van der Waals surface area contributed by atoms with E-state index in [4.69, 9.17) is 19.9 Å². The van der Waals surface area contributed by atoms with Gasteiger partial charge in [-0.15, -0.1) is 11.3 Å². The normalized spacial score (nSPS) is 14.7. The Kier molecular flexibility index (Phi) is 8.14. The van der Waals surface area contributed by atoms with Gasteiger partial charge in [0.25, 0.3) is 0 Å². The first-order valence-corrected chi connectivity index (χ1v) is 22.1. The van der Waals surface area contributed by atoms with Crippen molar-refractivity contribution < 1.29 is 0 Å². The van der Waals surface area contributed by atoms with E-state index in [2.05, 4.69) is 157 Å². The van der Waals surface area contributed by atoms with E-state index in [1.54, 1.807) is 11.3 Å². The molecule has 0 saturated carbocycles. The SMILES string of the molecule is c1ccc(-c2cncc(-c3ccc4c(c3)C3c5ccccc5C4c4cc(-c5ccc(-c6nc(-c7ccccc7)nc(-c7cccc8c7sc7ccccc78)n6)cc5)ccc43)n2)cc1. The van der Waals surface area contributed by atoms with Crippen LogP contribution in [-0.4, -0.2) is 24.9 Å². The molecule has 0 amide bonds. The van der Waals surface area contributed by atoms with Gasteiger partial charge in [-0.25, -0.2) is 19.9 Å². The van der Waals surface area contributed by atoms with E-state index in [1.807, 2.05) is 48.8 Å². The third kappa shape index (κ3) is 5.87. The van der Waals surface area contributed by atoms with Crippen LogP contribution in [0.2, 0.25) is 0 Å². The standard InChI is InChI=1S/C57H35N5S/c1-3-12-35(13-4-1)49-32-58-33-50(59-49)39-27-29-44-48(31-39)53-42-18-8-7-17-41(42)52(44)47-30-38(26-28-43(47)53)34-22-24-37(25-23-34)56-60-55(36-14-5-2-6-15-36)61-57(62-56)46-20-11-19-45-40-16-9-10-21-51(40)63-54(45)46/h1-33,52-53H. The van der Waals surface area contributed by atoms with Gasteiger partial charge in [0.05, 0.1) is 23.8 Å². The van der Waals surface area contributed by atoms with Crippen LogP contribution in [0.5, 0.6) is 0 Å². The molecule has 3 aliphatic rings. The van der Waals surface area contributed by atoms with E-state index in [1.165, 1.54) is 59.1 Å². The number of benzene rings is 8. The van der Waals surface area contributed by atoms with Crippen LogP contribution in [0.1, 0.15) is 45.2 Å². The second-order valence-corrected chi connectivity index (χ2v) is 17.4. The number of aromatic nitrogens is 5. The Bertz CT molecular complexity index is 3580. The van der Waals surface area contributed by atoms with Crippen LogP contribution in [0.15, 0.2) is 200 Å². The Hall–Kier alpha value is -7.93. The van der Waals surface area contributed by atoms with Gasteiger partial charge >= 0.3 is 0 Å². The molecule has 2 unspecified atom stereocenters. The fraction of sp³-hybridized carbons (Fsp3) is 0.0351. The number of hydrogen-bond donors (Lipinski definition) is 0. The molecule has 0 N–H and O–H groups in total. The molecule has 0 spiro atoms. The molecule has 294 valence electrons. The summed E-state index contributed by atoms with van der Waals surface area (Å²) in [5, 5.41) is 2.47. The average molecular weight is 822 g/mol. The van der Waals surface area contributed by atoms with Gasteiger partial charge in [0.15, 0.2) is 17.5 Å². The molecule has 0 radical (unpaired) electrons. The lowest BCUT2D eigenvalue weighted by Crippen LogP contribution is -2.27. The zero-order valence-electron chi connectivity index (χ0n) is 33.9. The highest BCUT2D eigenvalue weighted by Gasteiger charge is 2.41. The van der Waals surface area contributed by atoms with Crippen molar-refractivity contribution in [2.24, 2.45) is 0 Å². The molecule has 3 aliphatic carbocycles. The first kappa shape index (κ1) is 35.8. The van der Waals surface area contributed by atoms with Crippen molar-refractivity contribution in [3.05, 3.63) is 234 Å². The Morgan fingerprint density at radius 3 is 1.56 bits per heavy atom. The van der Waals surface area contributed by atoms with Gasteiger partial charge in [-0.2, -0.15) is 0 Å². The van der Waals surface area contributed by atoms with Crippen LogP contribution in [0.25, 0.3) is 88.0 Å². The first-order chi connectivity index (χ1) is 31.2. The van der Waals surface area contributed by atoms with Crippen LogP contribution >= 0.6 is 11.3 Å². The van der Waals surface area contributed by atoms with Crippen molar-refractivity contribution in [3.8, 4) is 67.8 Å². The van der Waals surface area contributed by atoms with Gasteiger partial charge in [0, 0.05) is 59.8 Å². The lowest BCUT2D eigenvalue weighted by atomic mass is 9.60. The zero-order chi connectivity index (χ0) is 41.4. The molecule has 8 aromatic carbocycles. The van der Waals surface area contributed by atoms with Gasteiger partial charge in [0.2, 0.25) is 0 Å². The molecule has 5 nitrogen and oxygen atoms in total. The van der Waals surface area contributed by atoms with E-state index >= 15 is 0 Å². The lowest BCUT2D eigenvalue weighted by Gasteiger charge is -2.42. The van der Waals surface area contributed by atoms with E-state index < -0.39 is 0 Å². The van der Waals surface area contributed by atoms with Crippen LogP contribution in [-0.2, 0) is 0 Å². The molecule has 6 heteroatoms. The van der Waals surface area contributed by atoms with Gasteiger partial charge < -0.3 is 0 Å². The molecule has 63 heavy (non-hydrogen) atoms. The third-order valence-electron chi connectivity index (χ3n) is 12.8. The molecule has 0 saturated heterocycles. The summed E-state index contributed by atoms with van der Waals surface area (Å²) in [6.07, 6.45) is 3.72. The fourth-order valence-electron chi connectivity index (χ4n) is 9.89. The van der Waals surface area contributed by atoms with Crippen molar-refractivity contribution in [2.75, 3.05) is 0 Å². The second kappa shape index (κ2) is 14.3. The minimum Gasteiger partial charge on any atom is -0.260 e. The summed E-state index contributed by atoms with van der Waals surface area (Å²) in [4.78, 5) is 25.0. The summed E-state index contributed by atoms with van der Waals surface area (Å²) >= 11 is 1.79. The molecule has 3 heterocycles. The molecule has 2 bridgehead atoms. The number of hydrogen-bond acceptors (Lipinski definition) is 6. The average Bonchev–Trinajstić information content (AvgIpc) is 3.75. The Morgan fingerprint density at radius 2 is 0.841 bits per heavy atom. The maximum Gasteiger partial charge on any atom is 0.165 e. The number of rotatable bonds is 6. The quantitative estimate of drug-likeness (QED) is 0.167. The third-order valence-corrected chi connectivity index (χ3v) is 14.0. The second-order valence-electron chi connectivity index (χ2n) is 16.4. The van der Waals surface area contributed by atoms with Gasteiger partial charge in [-0.3, -0.25) is 4.98 Å². The molecule has 0 fully saturated rings. The predicted molar refractivity (Wildman–Crippen MR) is 256 cm³/mol. The van der Waals surface area contributed by atoms with Crippen LogP contribution in [0.4, 0.5) is 0 Å². The largest absolute Gasteiger partial charge is 0.260 e. The summed E-state index contributed by atoms with van der Waals surface area (Å²) in [5.74, 6) is 2.25. The van der Waals surface area contributed by atoms with Crippen molar-refractivity contribution in [1.82, 2.24) is 24.9 Å². The minimum atomic E-state index is 0.132. The maximum atomic E-state index is 5.17. The van der Waals surface area contributed by atoms with Crippen LogP contribution in [0.3, 0.4) is 0 Å². The molecular weight excluding hydrogens is 787 g/mol. The molecule has 14 rings (SSSR count).